The molecule has 0 aliphatic heterocycles. The summed E-state index contributed by atoms with van der Waals surface area (Å²) < 4.78 is 46.1. The second-order valence-corrected chi connectivity index (χ2v) is 5.61. The van der Waals surface area contributed by atoms with E-state index in [0.717, 1.165) is 0 Å². The van der Waals surface area contributed by atoms with Gasteiger partial charge in [0.2, 0.25) is 11.2 Å². The zero-order valence-corrected chi connectivity index (χ0v) is 14.4. The molecular weight excluding hydrogens is 377 g/mol. The number of esters is 1. The molecule has 0 aliphatic rings. The average Bonchev–Trinajstić information content (AvgIpc) is 2.52. The number of anilines is 2. The summed E-state index contributed by atoms with van der Waals surface area (Å²) in [6, 6.07) is 5.55. The number of hydrogen-bond acceptors (Lipinski definition) is 7. The SMILES string of the molecule is CC(C)OC(=O)c1ccc(Nc2nc(Cl)nc(OCC(F)(F)F)n2)cc1. The summed E-state index contributed by atoms with van der Waals surface area (Å²) in [4.78, 5) is 22.7. The predicted octanol–water partition coefficient (Wildman–Crippen LogP) is 3.77. The number of nitrogens with one attached hydrogen (secondary N) is 1. The summed E-state index contributed by atoms with van der Waals surface area (Å²) in [7, 11) is 0. The minimum Gasteiger partial charge on any atom is -0.459 e. The Bertz CT molecular complexity index is 770. The van der Waals surface area contributed by atoms with Crippen LogP contribution in [0.25, 0.3) is 0 Å². The summed E-state index contributed by atoms with van der Waals surface area (Å²) >= 11 is 5.66. The zero-order chi connectivity index (χ0) is 19.3. The first-order valence-electron chi connectivity index (χ1n) is 7.31. The van der Waals surface area contributed by atoms with E-state index in [-0.39, 0.29) is 17.3 Å². The lowest BCUT2D eigenvalue weighted by atomic mass is 10.2. The molecule has 1 aromatic carbocycles. The van der Waals surface area contributed by atoms with Crippen molar-refractivity contribution in [2.45, 2.75) is 26.1 Å². The molecule has 0 saturated heterocycles. The first-order valence-corrected chi connectivity index (χ1v) is 7.69. The molecule has 1 aromatic heterocycles. The molecule has 2 aromatic rings. The van der Waals surface area contributed by atoms with Crippen LogP contribution in [0.4, 0.5) is 24.8 Å². The lowest BCUT2D eigenvalue weighted by Gasteiger charge is -2.10. The zero-order valence-electron chi connectivity index (χ0n) is 13.7. The summed E-state index contributed by atoms with van der Waals surface area (Å²) in [6.45, 7) is 1.91. The molecule has 140 valence electrons. The molecule has 1 N–H and O–H groups in total. The first kappa shape index (κ1) is 19.7. The Labute approximate surface area is 151 Å². The van der Waals surface area contributed by atoms with Crippen molar-refractivity contribution in [1.82, 2.24) is 15.0 Å². The number of aromatic nitrogens is 3. The van der Waals surface area contributed by atoms with E-state index in [1.807, 2.05) is 0 Å². The highest BCUT2D eigenvalue weighted by Gasteiger charge is 2.29. The second kappa shape index (κ2) is 8.17. The van der Waals surface area contributed by atoms with Crippen LogP contribution in [0, 0.1) is 0 Å². The van der Waals surface area contributed by atoms with Crippen molar-refractivity contribution in [3.63, 3.8) is 0 Å². The van der Waals surface area contributed by atoms with Gasteiger partial charge in [-0.15, -0.1) is 0 Å². The monoisotopic (exact) mass is 390 g/mol. The van der Waals surface area contributed by atoms with Gasteiger partial charge in [-0.25, -0.2) is 4.79 Å². The Morgan fingerprint density at radius 2 is 1.85 bits per heavy atom. The number of hydrogen-bond donors (Lipinski definition) is 1. The maximum atomic E-state index is 12.2. The van der Waals surface area contributed by atoms with E-state index in [1.54, 1.807) is 26.0 Å². The fraction of sp³-hybridized carbons (Fsp3) is 0.333. The molecule has 0 unspecified atom stereocenters. The number of ether oxygens (including phenoxy) is 2. The van der Waals surface area contributed by atoms with E-state index >= 15 is 0 Å². The molecule has 0 fully saturated rings. The van der Waals surface area contributed by atoms with Crippen molar-refractivity contribution in [3.8, 4) is 6.01 Å². The van der Waals surface area contributed by atoms with Gasteiger partial charge in [0.25, 0.3) is 0 Å². The van der Waals surface area contributed by atoms with Gasteiger partial charge >= 0.3 is 18.2 Å². The molecule has 11 heteroatoms. The van der Waals surface area contributed by atoms with Gasteiger partial charge < -0.3 is 14.8 Å². The minimum atomic E-state index is -4.53. The normalized spacial score (nSPS) is 11.3. The molecule has 0 radical (unpaired) electrons. The van der Waals surface area contributed by atoms with Gasteiger partial charge in [-0.1, -0.05) is 0 Å². The van der Waals surface area contributed by atoms with E-state index in [0.29, 0.717) is 11.3 Å². The Balaban J connectivity index is 2.08. The van der Waals surface area contributed by atoms with Crippen molar-refractivity contribution >= 4 is 29.2 Å². The van der Waals surface area contributed by atoms with Crippen LogP contribution in [0.15, 0.2) is 24.3 Å². The third kappa shape index (κ3) is 6.36. The molecule has 26 heavy (non-hydrogen) atoms. The summed E-state index contributed by atoms with van der Waals surface area (Å²) in [5.41, 5.74) is 0.808. The lowest BCUT2D eigenvalue weighted by molar-refractivity contribution is -0.154. The van der Waals surface area contributed by atoms with Crippen LogP contribution < -0.4 is 10.1 Å². The molecule has 7 nitrogen and oxygen atoms in total. The number of benzene rings is 1. The highest BCUT2D eigenvalue weighted by molar-refractivity contribution is 6.28. The molecule has 0 saturated carbocycles. The molecule has 0 bridgehead atoms. The van der Waals surface area contributed by atoms with Crippen LogP contribution >= 0.6 is 11.6 Å². The molecule has 2 rings (SSSR count). The maximum Gasteiger partial charge on any atom is 0.422 e. The number of alkyl halides is 3. The van der Waals surface area contributed by atoms with E-state index in [1.165, 1.54) is 12.1 Å². The van der Waals surface area contributed by atoms with Gasteiger partial charge in [0.1, 0.15) is 0 Å². The minimum absolute atomic E-state index is 0.111. The molecule has 0 spiro atoms. The predicted molar refractivity (Wildman–Crippen MR) is 86.7 cm³/mol. The maximum absolute atomic E-state index is 12.2. The third-order valence-electron chi connectivity index (χ3n) is 2.67. The number of rotatable bonds is 6. The van der Waals surface area contributed by atoms with Gasteiger partial charge in [0.05, 0.1) is 11.7 Å². The van der Waals surface area contributed by atoms with Crippen LogP contribution in [-0.4, -0.2) is 39.8 Å². The molecular formula is C15H14ClF3N4O3. The van der Waals surface area contributed by atoms with E-state index in [2.05, 4.69) is 25.0 Å². The third-order valence-corrected chi connectivity index (χ3v) is 2.84. The van der Waals surface area contributed by atoms with Gasteiger partial charge in [0, 0.05) is 5.69 Å². The Morgan fingerprint density at radius 3 is 2.42 bits per heavy atom. The van der Waals surface area contributed by atoms with Crippen LogP contribution in [-0.2, 0) is 4.74 Å². The highest BCUT2D eigenvalue weighted by Crippen LogP contribution is 2.20. The summed E-state index contributed by atoms with van der Waals surface area (Å²) in [5, 5.41) is 2.39. The van der Waals surface area contributed by atoms with E-state index < -0.39 is 24.8 Å². The summed E-state index contributed by atoms with van der Waals surface area (Å²) in [6.07, 6.45) is -4.78. The highest BCUT2D eigenvalue weighted by atomic mass is 35.5. The fourth-order valence-corrected chi connectivity index (χ4v) is 1.85. The summed E-state index contributed by atoms with van der Waals surface area (Å²) in [5.74, 6) is -0.586. The Hall–Kier alpha value is -2.62. The first-order chi connectivity index (χ1) is 12.1. The van der Waals surface area contributed by atoms with Crippen LogP contribution in [0.3, 0.4) is 0 Å². The van der Waals surface area contributed by atoms with Gasteiger partial charge in [-0.2, -0.15) is 28.1 Å². The Kier molecular flexibility index (Phi) is 6.19. The number of carbonyl (C=O) groups excluding carboxylic acids is 1. The van der Waals surface area contributed by atoms with Gasteiger partial charge in [0.15, 0.2) is 6.61 Å². The smallest absolute Gasteiger partial charge is 0.422 e. The molecule has 0 amide bonds. The lowest BCUT2D eigenvalue weighted by Crippen LogP contribution is -2.20. The van der Waals surface area contributed by atoms with Crippen molar-refractivity contribution in [2.24, 2.45) is 0 Å². The van der Waals surface area contributed by atoms with E-state index in [4.69, 9.17) is 16.3 Å². The van der Waals surface area contributed by atoms with Crippen molar-refractivity contribution in [2.75, 3.05) is 11.9 Å². The standard InChI is InChI=1S/C15H14ClF3N4O3/c1-8(2)26-11(24)9-3-5-10(6-4-9)20-13-21-12(16)22-14(23-13)25-7-15(17,18)19/h3-6,8H,7H2,1-2H3,(H,20,21,22,23). The van der Waals surface area contributed by atoms with Crippen LogP contribution in [0.2, 0.25) is 5.28 Å². The quantitative estimate of drug-likeness (QED) is 0.751. The van der Waals surface area contributed by atoms with Gasteiger partial charge in [-0.05, 0) is 49.7 Å². The number of nitrogens with zero attached hydrogens (tertiary/aromatic N) is 3. The average molecular weight is 391 g/mol. The van der Waals surface area contributed by atoms with Gasteiger partial charge in [-0.3, -0.25) is 0 Å². The van der Waals surface area contributed by atoms with Crippen molar-refractivity contribution < 1.29 is 27.4 Å². The van der Waals surface area contributed by atoms with Crippen molar-refractivity contribution in [3.05, 3.63) is 35.1 Å². The van der Waals surface area contributed by atoms with Crippen LogP contribution in [0.1, 0.15) is 24.2 Å². The van der Waals surface area contributed by atoms with E-state index in [9.17, 15) is 18.0 Å². The topological polar surface area (TPSA) is 86.2 Å². The molecule has 0 aliphatic carbocycles. The number of halogens is 4. The molecule has 1 heterocycles. The van der Waals surface area contributed by atoms with Crippen LogP contribution in [0.5, 0.6) is 6.01 Å². The van der Waals surface area contributed by atoms with Crippen molar-refractivity contribution in [1.29, 1.82) is 0 Å². The fourth-order valence-electron chi connectivity index (χ4n) is 1.70. The largest absolute Gasteiger partial charge is 0.459 e. The number of carbonyl (C=O) groups is 1. The molecule has 0 atom stereocenters. The second-order valence-electron chi connectivity index (χ2n) is 5.27. The Morgan fingerprint density at radius 1 is 1.19 bits per heavy atom.